The Hall–Kier alpha value is -0.745. The third-order valence-corrected chi connectivity index (χ3v) is 3.38. The Morgan fingerprint density at radius 3 is 2.06 bits per heavy atom. The first-order valence-corrected chi connectivity index (χ1v) is 6.14. The van der Waals surface area contributed by atoms with Gasteiger partial charge in [-0.15, -0.1) is 12.4 Å². The number of anilines is 1. The van der Waals surface area contributed by atoms with Crippen molar-refractivity contribution in [3.05, 3.63) is 24.3 Å². The Labute approximate surface area is 115 Å². The molecule has 0 saturated carbocycles. The summed E-state index contributed by atoms with van der Waals surface area (Å²) >= 11 is 0. The number of halogens is 1. The minimum absolute atomic E-state index is 0. The molecule has 6 heteroatoms. The van der Waals surface area contributed by atoms with E-state index in [4.69, 9.17) is 10.0 Å². The predicted molar refractivity (Wildman–Crippen MR) is 77.8 cm³/mol. The van der Waals surface area contributed by atoms with Crippen LogP contribution in [-0.2, 0) is 0 Å². The van der Waals surface area contributed by atoms with Gasteiger partial charge in [-0.05, 0) is 24.1 Å². The number of piperazine rings is 1. The lowest BCUT2D eigenvalue weighted by atomic mass is 9.80. The highest BCUT2D eigenvalue weighted by Crippen LogP contribution is 2.14. The van der Waals surface area contributed by atoms with Gasteiger partial charge in [-0.1, -0.05) is 19.1 Å². The number of benzene rings is 1. The Morgan fingerprint density at radius 1 is 1.06 bits per heavy atom. The molecule has 0 bridgehead atoms. The van der Waals surface area contributed by atoms with Crippen LogP contribution in [0.1, 0.15) is 6.92 Å². The fourth-order valence-corrected chi connectivity index (χ4v) is 2.18. The van der Waals surface area contributed by atoms with Gasteiger partial charge in [0.1, 0.15) is 0 Å². The van der Waals surface area contributed by atoms with Crippen LogP contribution in [0.2, 0.25) is 0 Å². The molecule has 0 radical (unpaired) electrons. The average molecular weight is 271 g/mol. The largest absolute Gasteiger partial charge is 0.488 e. The van der Waals surface area contributed by atoms with E-state index in [-0.39, 0.29) is 12.4 Å². The molecule has 4 nitrogen and oxygen atoms in total. The van der Waals surface area contributed by atoms with Crippen LogP contribution < -0.4 is 10.4 Å². The van der Waals surface area contributed by atoms with Crippen LogP contribution in [0.4, 0.5) is 5.69 Å². The van der Waals surface area contributed by atoms with Crippen molar-refractivity contribution in [2.75, 3.05) is 37.6 Å². The van der Waals surface area contributed by atoms with Crippen molar-refractivity contribution in [3.8, 4) is 0 Å². The van der Waals surface area contributed by atoms with Crippen molar-refractivity contribution < 1.29 is 10.0 Å². The zero-order chi connectivity index (χ0) is 12.3. The van der Waals surface area contributed by atoms with E-state index in [0.717, 1.165) is 38.4 Å². The van der Waals surface area contributed by atoms with E-state index in [1.807, 2.05) is 12.1 Å². The molecule has 1 fully saturated rings. The Kier molecular flexibility index (Phi) is 5.95. The van der Waals surface area contributed by atoms with Crippen molar-refractivity contribution in [3.63, 3.8) is 0 Å². The molecule has 1 heterocycles. The number of rotatable bonds is 3. The lowest BCUT2D eigenvalue weighted by Crippen LogP contribution is -2.46. The standard InChI is InChI=1S/C12H19BN2O2.ClH/c1-2-14-7-9-15(10-8-14)12-5-3-11(4-6-12)13(16)17;/h3-6,16-17H,2,7-10H2,1H3;1H. The van der Waals surface area contributed by atoms with Crippen LogP contribution in [0.3, 0.4) is 0 Å². The smallest absolute Gasteiger partial charge is 0.423 e. The molecule has 1 aliphatic heterocycles. The first kappa shape index (κ1) is 15.3. The summed E-state index contributed by atoms with van der Waals surface area (Å²) < 4.78 is 0. The molecule has 100 valence electrons. The maximum atomic E-state index is 9.03. The third-order valence-electron chi connectivity index (χ3n) is 3.38. The molecule has 2 N–H and O–H groups in total. The number of hydrogen-bond donors (Lipinski definition) is 2. The molecule has 0 spiro atoms. The molecular formula is C12H20BClN2O2. The van der Waals surface area contributed by atoms with Crippen molar-refractivity contribution in [1.82, 2.24) is 4.90 Å². The fraction of sp³-hybridized carbons (Fsp3) is 0.500. The number of hydrogen-bond acceptors (Lipinski definition) is 4. The average Bonchev–Trinajstić information content (AvgIpc) is 2.39. The second-order valence-electron chi connectivity index (χ2n) is 4.39. The molecule has 1 saturated heterocycles. The van der Waals surface area contributed by atoms with Crippen molar-refractivity contribution in [2.24, 2.45) is 0 Å². The first-order chi connectivity index (χ1) is 8.20. The molecule has 0 atom stereocenters. The number of likely N-dealkylation sites (N-methyl/N-ethyl adjacent to an activating group) is 1. The van der Waals surface area contributed by atoms with Gasteiger partial charge in [0.15, 0.2) is 0 Å². The lowest BCUT2D eigenvalue weighted by Gasteiger charge is -2.35. The molecule has 18 heavy (non-hydrogen) atoms. The lowest BCUT2D eigenvalue weighted by molar-refractivity contribution is 0.271. The predicted octanol–water partition coefficient (Wildman–Crippen LogP) is -0.0699. The van der Waals surface area contributed by atoms with Crippen LogP contribution in [0.25, 0.3) is 0 Å². The van der Waals surface area contributed by atoms with E-state index in [1.165, 1.54) is 0 Å². The molecule has 0 unspecified atom stereocenters. The van der Waals surface area contributed by atoms with E-state index in [9.17, 15) is 0 Å². The fourth-order valence-electron chi connectivity index (χ4n) is 2.18. The van der Waals surface area contributed by atoms with E-state index >= 15 is 0 Å². The van der Waals surface area contributed by atoms with E-state index in [1.54, 1.807) is 12.1 Å². The molecule has 0 amide bonds. The van der Waals surface area contributed by atoms with E-state index in [0.29, 0.717) is 5.46 Å². The van der Waals surface area contributed by atoms with Gasteiger partial charge in [-0.2, -0.15) is 0 Å². The first-order valence-electron chi connectivity index (χ1n) is 6.14. The van der Waals surface area contributed by atoms with Crippen molar-refractivity contribution in [1.29, 1.82) is 0 Å². The summed E-state index contributed by atoms with van der Waals surface area (Å²) in [4.78, 5) is 4.77. The summed E-state index contributed by atoms with van der Waals surface area (Å²) in [5, 5.41) is 18.1. The highest BCUT2D eigenvalue weighted by molar-refractivity contribution is 6.58. The van der Waals surface area contributed by atoms with Crippen LogP contribution in [-0.4, -0.2) is 54.8 Å². The van der Waals surface area contributed by atoms with Gasteiger partial charge in [0.05, 0.1) is 0 Å². The topological polar surface area (TPSA) is 46.9 Å². The molecule has 1 aliphatic rings. The highest BCUT2D eigenvalue weighted by atomic mass is 35.5. The molecule has 1 aromatic rings. The summed E-state index contributed by atoms with van der Waals surface area (Å²) in [6.45, 7) is 7.57. The van der Waals surface area contributed by atoms with Crippen LogP contribution in [0.5, 0.6) is 0 Å². The van der Waals surface area contributed by atoms with Gasteiger partial charge in [-0.3, -0.25) is 0 Å². The monoisotopic (exact) mass is 270 g/mol. The van der Waals surface area contributed by atoms with Gasteiger partial charge in [-0.25, -0.2) is 0 Å². The van der Waals surface area contributed by atoms with Gasteiger partial charge < -0.3 is 19.8 Å². The van der Waals surface area contributed by atoms with E-state index in [2.05, 4.69) is 16.7 Å². The van der Waals surface area contributed by atoms with Gasteiger partial charge in [0.2, 0.25) is 0 Å². The van der Waals surface area contributed by atoms with E-state index < -0.39 is 7.12 Å². The van der Waals surface area contributed by atoms with Crippen LogP contribution in [0.15, 0.2) is 24.3 Å². The molecule has 1 aromatic carbocycles. The molecular weight excluding hydrogens is 250 g/mol. The number of nitrogens with zero attached hydrogens (tertiary/aromatic N) is 2. The molecule has 2 rings (SSSR count). The SMILES string of the molecule is CCN1CCN(c2ccc(B(O)O)cc2)CC1.Cl. The summed E-state index contributed by atoms with van der Waals surface area (Å²) in [5.74, 6) is 0. The Morgan fingerprint density at radius 2 is 1.61 bits per heavy atom. The normalized spacial score (nSPS) is 16.3. The minimum atomic E-state index is -1.37. The molecule has 0 aromatic heterocycles. The maximum absolute atomic E-state index is 9.03. The van der Waals surface area contributed by atoms with Crippen LogP contribution in [0, 0.1) is 0 Å². The van der Waals surface area contributed by atoms with Gasteiger partial charge in [0.25, 0.3) is 0 Å². The zero-order valence-electron chi connectivity index (χ0n) is 10.6. The quantitative estimate of drug-likeness (QED) is 0.755. The molecule has 0 aliphatic carbocycles. The minimum Gasteiger partial charge on any atom is -0.423 e. The van der Waals surface area contributed by atoms with Gasteiger partial charge >= 0.3 is 7.12 Å². The maximum Gasteiger partial charge on any atom is 0.488 e. The summed E-state index contributed by atoms with van der Waals surface area (Å²) in [6.07, 6.45) is 0. The van der Waals surface area contributed by atoms with Crippen molar-refractivity contribution >= 4 is 30.7 Å². The highest BCUT2D eigenvalue weighted by Gasteiger charge is 2.16. The second kappa shape index (κ2) is 6.99. The third kappa shape index (κ3) is 3.62. The zero-order valence-corrected chi connectivity index (χ0v) is 11.4. The van der Waals surface area contributed by atoms with Crippen molar-refractivity contribution in [2.45, 2.75) is 6.92 Å². The summed E-state index contributed by atoms with van der Waals surface area (Å²) in [5.41, 5.74) is 1.70. The van der Waals surface area contributed by atoms with Gasteiger partial charge in [0, 0.05) is 31.9 Å². The second-order valence-corrected chi connectivity index (χ2v) is 4.39. The Bertz CT molecular complexity index is 354. The van der Waals surface area contributed by atoms with Crippen LogP contribution >= 0.6 is 12.4 Å². The summed E-state index contributed by atoms with van der Waals surface area (Å²) in [6, 6.07) is 7.45. The Balaban J connectivity index is 0.00000162. The summed E-state index contributed by atoms with van der Waals surface area (Å²) in [7, 11) is -1.37.